The van der Waals surface area contributed by atoms with Crippen molar-refractivity contribution < 1.29 is 24.2 Å². The summed E-state index contributed by atoms with van der Waals surface area (Å²) in [6.45, 7) is 1.86. The molecule has 186 valence electrons. The Hall–Kier alpha value is -4.19. The highest BCUT2D eigenvalue weighted by Crippen LogP contribution is 3.02. The Morgan fingerprint density at radius 3 is 2.47 bits per heavy atom. The SMILES string of the molecule is Cc1ccc(NC(=O)c2cccc(S(F)(F)(F)(F)F)c2)cc1-n1ccn2nc(-c3cccnc3)cc12. The Balaban J connectivity index is 1.47. The number of imidazole rings is 1. The maximum atomic E-state index is 13.2. The van der Waals surface area contributed by atoms with Crippen LogP contribution in [0.5, 0.6) is 0 Å². The molecule has 2 aromatic carbocycles. The van der Waals surface area contributed by atoms with Crippen LogP contribution in [0.3, 0.4) is 0 Å². The minimum Gasteiger partial charge on any atom is -0.322 e. The van der Waals surface area contributed by atoms with Crippen molar-refractivity contribution in [3.05, 3.63) is 96.6 Å². The lowest BCUT2D eigenvalue weighted by atomic mass is 10.1. The highest BCUT2D eigenvalue weighted by Gasteiger charge is 2.65. The summed E-state index contributed by atoms with van der Waals surface area (Å²) >= 11 is 0. The van der Waals surface area contributed by atoms with E-state index in [1.165, 1.54) is 0 Å². The van der Waals surface area contributed by atoms with Gasteiger partial charge in [-0.1, -0.05) is 31.6 Å². The van der Waals surface area contributed by atoms with Crippen molar-refractivity contribution in [1.29, 1.82) is 0 Å². The van der Waals surface area contributed by atoms with E-state index in [0.717, 1.165) is 28.9 Å². The highest BCUT2D eigenvalue weighted by atomic mass is 32.5. The summed E-state index contributed by atoms with van der Waals surface area (Å²) in [7, 11) is -9.92. The Kier molecular flexibility index (Phi) is 4.84. The van der Waals surface area contributed by atoms with E-state index in [0.29, 0.717) is 11.4 Å². The van der Waals surface area contributed by atoms with Gasteiger partial charge in [0.05, 0.1) is 11.4 Å². The Labute approximate surface area is 201 Å². The van der Waals surface area contributed by atoms with Gasteiger partial charge in [-0.05, 0) is 55.0 Å². The van der Waals surface area contributed by atoms with Gasteiger partial charge in [-0.25, -0.2) is 4.52 Å². The van der Waals surface area contributed by atoms with Crippen LogP contribution in [-0.2, 0) is 0 Å². The second-order valence-electron chi connectivity index (χ2n) is 8.19. The fourth-order valence-corrected chi connectivity index (χ4v) is 4.45. The monoisotopic (exact) mass is 519 g/mol. The lowest BCUT2D eigenvalue weighted by Gasteiger charge is -2.40. The van der Waals surface area contributed by atoms with Crippen molar-refractivity contribution >= 4 is 27.5 Å². The van der Waals surface area contributed by atoms with Gasteiger partial charge < -0.3 is 5.32 Å². The number of fused-ring (bicyclic) bond motifs is 1. The average molecular weight is 519 g/mol. The number of nitrogens with zero attached hydrogens (tertiary/aromatic N) is 4. The molecule has 6 nitrogen and oxygen atoms in total. The molecule has 0 aliphatic rings. The van der Waals surface area contributed by atoms with E-state index in [2.05, 4.69) is 15.4 Å². The van der Waals surface area contributed by atoms with Crippen molar-refractivity contribution in [2.24, 2.45) is 0 Å². The molecule has 0 aliphatic carbocycles. The Morgan fingerprint density at radius 1 is 0.944 bits per heavy atom. The van der Waals surface area contributed by atoms with Crippen LogP contribution in [0.2, 0.25) is 0 Å². The van der Waals surface area contributed by atoms with Gasteiger partial charge in [-0.15, -0.1) is 0 Å². The van der Waals surface area contributed by atoms with Gasteiger partial charge in [-0.2, -0.15) is 5.10 Å². The van der Waals surface area contributed by atoms with E-state index in [1.807, 2.05) is 23.6 Å². The van der Waals surface area contributed by atoms with E-state index in [9.17, 15) is 24.2 Å². The quantitative estimate of drug-likeness (QED) is 0.246. The van der Waals surface area contributed by atoms with Crippen molar-refractivity contribution in [2.45, 2.75) is 11.8 Å². The van der Waals surface area contributed by atoms with Crippen molar-refractivity contribution in [1.82, 2.24) is 19.2 Å². The third-order valence-electron chi connectivity index (χ3n) is 5.55. The van der Waals surface area contributed by atoms with E-state index < -0.39 is 26.6 Å². The predicted octanol–water partition coefficient (Wildman–Crippen LogP) is 7.41. The molecule has 0 saturated carbocycles. The van der Waals surface area contributed by atoms with Gasteiger partial charge in [0.25, 0.3) is 5.91 Å². The summed E-state index contributed by atoms with van der Waals surface area (Å²) in [6.07, 6.45) is 6.89. The van der Waals surface area contributed by atoms with Crippen LogP contribution in [0.1, 0.15) is 15.9 Å². The molecule has 0 saturated heterocycles. The standard InChI is InChI=1S/C24H18F5N5OS/c1-16-7-8-19(31-24(35)17-4-2-6-20(12-17)36(25,26,27,28)29)13-22(16)33-10-11-34-23(33)14-21(32-34)18-5-3-9-30-15-18/h2-15H,1H3,(H,31,35). The molecule has 3 heterocycles. The normalized spacial score (nSPS) is 13.8. The number of carbonyl (C=O) groups is 1. The van der Waals surface area contributed by atoms with Gasteiger partial charge in [0.2, 0.25) is 0 Å². The second kappa shape index (κ2) is 7.40. The zero-order chi connectivity index (χ0) is 25.8. The number of carbonyl (C=O) groups excluding carboxylic acids is 1. The van der Waals surface area contributed by atoms with Gasteiger partial charge in [-0.3, -0.25) is 14.3 Å². The molecule has 5 aromatic rings. The molecule has 0 atom stereocenters. The van der Waals surface area contributed by atoms with Crippen LogP contribution in [0.25, 0.3) is 22.6 Å². The summed E-state index contributed by atoms with van der Waals surface area (Å²) in [4.78, 5) is 14.6. The summed E-state index contributed by atoms with van der Waals surface area (Å²) in [6, 6.07) is 12.7. The molecule has 0 spiro atoms. The van der Waals surface area contributed by atoms with Crippen molar-refractivity contribution in [2.75, 3.05) is 5.32 Å². The summed E-state index contributed by atoms with van der Waals surface area (Å²) in [5.74, 6) is -0.950. The molecule has 3 aromatic heterocycles. The molecule has 0 aliphatic heterocycles. The lowest BCUT2D eigenvalue weighted by molar-refractivity contribution is 0.102. The molecular weight excluding hydrogens is 501 g/mol. The maximum absolute atomic E-state index is 13.2. The van der Waals surface area contributed by atoms with E-state index in [-0.39, 0.29) is 17.8 Å². The molecule has 0 unspecified atom stereocenters. The summed E-state index contributed by atoms with van der Waals surface area (Å²) in [5, 5.41) is 7.03. The van der Waals surface area contributed by atoms with Gasteiger partial charge in [0.1, 0.15) is 10.5 Å². The van der Waals surface area contributed by atoms with E-state index >= 15 is 0 Å². The molecular formula is C24H18F5N5OS. The van der Waals surface area contributed by atoms with E-state index in [4.69, 9.17) is 0 Å². The third kappa shape index (κ3) is 4.54. The average Bonchev–Trinajstić information content (AvgIpc) is 3.41. The second-order valence-corrected chi connectivity index (χ2v) is 10.6. The van der Waals surface area contributed by atoms with Crippen LogP contribution in [0.4, 0.5) is 25.1 Å². The topological polar surface area (TPSA) is 64.2 Å². The summed E-state index contributed by atoms with van der Waals surface area (Å²) in [5.41, 5.74) is 3.53. The van der Waals surface area contributed by atoms with Crippen molar-refractivity contribution in [3.8, 4) is 16.9 Å². The molecule has 12 heteroatoms. The smallest absolute Gasteiger partial charge is 0.310 e. The number of rotatable bonds is 5. The first kappa shape index (κ1) is 23.5. The van der Waals surface area contributed by atoms with Crippen LogP contribution in [0, 0.1) is 6.92 Å². The van der Waals surface area contributed by atoms with Crippen LogP contribution in [-0.4, -0.2) is 25.1 Å². The zero-order valence-corrected chi connectivity index (χ0v) is 19.4. The molecule has 1 N–H and O–H groups in total. The number of nitrogens with one attached hydrogen (secondary N) is 1. The minimum atomic E-state index is -9.92. The zero-order valence-electron chi connectivity index (χ0n) is 18.6. The Morgan fingerprint density at radius 2 is 1.75 bits per heavy atom. The van der Waals surface area contributed by atoms with E-state index in [1.54, 1.807) is 53.6 Å². The first-order valence-corrected chi connectivity index (χ1v) is 12.5. The number of aromatic nitrogens is 4. The number of hydrogen-bond donors (Lipinski definition) is 1. The van der Waals surface area contributed by atoms with Crippen LogP contribution >= 0.6 is 10.2 Å². The highest BCUT2D eigenvalue weighted by molar-refractivity contribution is 8.45. The number of benzene rings is 2. The number of hydrogen-bond acceptors (Lipinski definition) is 3. The van der Waals surface area contributed by atoms with Crippen LogP contribution in [0.15, 0.2) is 90.3 Å². The number of amides is 1. The van der Waals surface area contributed by atoms with Crippen LogP contribution < -0.4 is 5.32 Å². The number of pyridine rings is 1. The third-order valence-corrected chi connectivity index (χ3v) is 6.69. The molecule has 5 rings (SSSR count). The molecule has 36 heavy (non-hydrogen) atoms. The number of aryl methyl sites for hydroxylation is 1. The first-order valence-electron chi connectivity index (χ1n) is 10.5. The number of anilines is 1. The molecule has 1 amide bonds. The molecule has 0 radical (unpaired) electrons. The largest absolute Gasteiger partial charge is 0.322 e. The van der Waals surface area contributed by atoms with Gasteiger partial charge in [0.15, 0.2) is 0 Å². The Bertz CT molecular complexity index is 1630. The van der Waals surface area contributed by atoms with Gasteiger partial charge >= 0.3 is 10.2 Å². The fourth-order valence-electron chi connectivity index (χ4n) is 3.77. The fraction of sp³-hybridized carbons (Fsp3) is 0.0417. The lowest BCUT2D eigenvalue weighted by Crippen LogP contribution is -2.14. The number of halogens is 5. The first-order chi connectivity index (χ1) is 16.8. The van der Waals surface area contributed by atoms with Gasteiger partial charge in [0, 0.05) is 47.7 Å². The predicted molar refractivity (Wildman–Crippen MR) is 128 cm³/mol. The minimum absolute atomic E-state index is 0.160. The molecule has 0 fully saturated rings. The summed E-state index contributed by atoms with van der Waals surface area (Å²) < 4.78 is 69.3. The maximum Gasteiger partial charge on any atom is 0.310 e. The van der Waals surface area contributed by atoms with Crippen molar-refractivity contribution in [3.63, 3.8) is 0 Å². The molecule has 0 bridgehead atoms.